The van der Waals surface area contributed by atoms with Crippen LogP contribution in [0.3, 0.4) is 0 Å². The molecule has 0 aromatic carbocycles. The fourth-order valence-corrected chi connectivity index (χ4v) is 5.01. The summed E-state index contributed by atoms with van der Waals surface area (Å²) in [5.41, 5.74) is 0. The lowest BCUT2D eigenvalue weighted by Gasteiger charge is -2.38. The van der Waals surface area contributed by atoms with Crippen LogP contribution >= 0.6 is 11.3 Å². The molecule has 1 aliphatic heterocycles. The molecular formula is C17H22N4O2S. The number of aromatic nitrogens is 3. The van der Waals surface area contributed by atoms with E-state index in [1.807, 2.05) is 19.1 Å². The van der Waals surface area contributed by atoms with Gasteiger partial charge in [0.2, 0.25) is 10.8 Å². The van der Waals surface area contributed by atoms with Gasteiger partial charge in [0.1, 0.15) is 17.6 Å². The van der Waals surface area contributed by atoms with E-state index in [2.05, 4.69) is 28.8 Å². The van der Waals surface area contributed by atoms with Crippen LogP contribution in [0.1, 0.15) is 42.8 Å². The van der Waals surface area contributed by atoms with E-state index < -0.39 is 0 Å². The van der Waals surface area contributed by atoms with Crippen molar-refractivity contribution in [2.24, 2.45) is 11.8 Å². The van der Waals surface area contributed by atoms with Crippen molar-refractivity contribution < 1.29 is 9.52 Å². The van der Waals surface area contributed by atoms with Gasteiger partial charge in [-0.2, -0.15) is 4.52 Å². The van der Waals surface area contributed by atoms with Crippen molar-refractivity contribution in [2.75, 3.05) is 13.1 Å². The van der Waals surface area contributed by atoms with Crippen LogP contribution in [0, 0.1) is 18.8 Å². The molecule has 0 amide bonds. The molecule has 4 heterocycles. The van der Waals surface area contributed by atoms with E-state index in [1.165, 1.54) is 22.3 Å². The zero-order chi connectivity index (χ0) is 16.8. The number of hydrogen-bond acceptors (Lipinski definition) is 6. The van der Waals surface area contributed by atoms with E-state index in [-0.39, 0.29) is 11.9 Å². The lowest BCUT2D eigenvalue weighted by molar-refractivity contribution is 0.102. The van der Waals surface area contributed by atoms with E-state index in [0.717, 1.165) is 28.7 Å². The predicted octanol–water partition coefficient (Wildman–Crippen LogP) is 3.47. The average Bonchev–Trinajstić information content (AvgIpc) is 3.20. The van der Waals surface area contributed by atoms with E-state index in [4.69, 9.17) is 4.42 Å². The number of thiazole rings is 1. The Morgan fingerprint density at radius 1 is 1.33 bits per heavy atom. The smallest absolute Gasteiger partial charge is 0.230 e. The summed E-state index contributed by atoms with van der Waals surface area (Å²) in [7, 11) is 0. The minimum Gasteiger partial charge on any atom is -0.492 e. The number of likely N-dealkylation sites (tertiary alicyclic amines) is 1. The van der Waals surface area contributed by atoms with Gasteiger partial charge in [-0.05, 0) is 37.3 Å². The molecule has 3 aromatic heterocycles. The molecule has 24 heavy (non-hydrogen) atoms. The molecule has 0 bridgehead atoms. The number of aryl methyl sites for hydroxylation is 1. The van der Waals surface area contributed by atoms with Crippen LogP contribution in [-0.4, -0.2) is 37.7 Å². The molecule has 0 radical (unpaired) electrons. The molecule has 1 N–H and O–H groups in total. The number of furan rings is 1. The molecular weight excluding hydrogens is 324 g/mol. The zero-order valence-electron chi connectivity index (χ0n) is 14.1. The van der Waals surface area contributed by atoms with Gasteiger partial charge in [0, 0.05) is 13.1 Å². The van der Waals surface area contributed by atoms with Gasteiger partial charge in [0.25, 0.3) is 0 Å². The number of rotatable bonds is 3. The number of piperidine rings is 1. The second-order valence-corrected chi connectivity index (χ2v) is 7.97. The largest absolute Gasteiger partial charge is 0.492 e. The summed E-state index contributed by atoms with van der Waals surface area (Å²) in [6.45, 7) is 8.38. The second kappa shape index (κ2) is 5.89. The van der Waals surface area contributed by atoms with Gasteiger partial charge >= 0.3 is 0 Å². The quantitative estimate of drug-likeness (QED) is 0.786. The fraction of sp³-hybridized carbons (Fsp3) is 0.529. The van der Waals surface area contributed by atoms with Gasteiger partial charge in [0.15, 0.2) is 0 Å². The maximum atomic E-state index is 10.7. The van der Waals surface area contributed by atoms with Crippen molar-refractivity contribution in [2.45, 2.75) is 33.2 Å². The van der Waals surface area contributed by atoms with E-state index in [9.17, 15) is 5.11 Å². The SMILES string of the molecule is Cc1nc2sc(C(c3ccco3)N3CC(C)CC(C)C3)c(O)n2n1. The summed E-state index contributed by atoms with van der Waals surface area (Å²) in [6.07, 6.45) is 2.93. The fourth-order valence-electron chi connectivity index (χ4n) is 3.87. The van der Waals surface area contributed by atoms with E-state index in [1.54, 1.807) is 6.26 Å². The molecule has 1 saturated heterocycles. The molecule has 0 aliphatic carbocycles. The zero-order valence-corrected chi connectivity index (χ0v) is 15.0. The lowest BCUT2D eigenvalue weighted by atomic mass is 9.90. The summed E-state index contributed by atoms with van der Waals surface area (Å²) in [4.78, 5) is 8.37. The highest BCUT2D eigenvalue weighted by atomic mass is 32.1. The highest BCUT2D eigenvalue weighted by Crippen LogP contribution is 2.41. The second-order valence-electron chi connectivity index (χ2n) is 6.96. The van der Waals surface area contributed by atoms with Crippen molar-refractivity contribution >= 4 is 16.3 Å². The Hall–Kier alpha value is -1.86. The molecule has 3 aromatic rings. The number of fused-ring (bicyclic) bond motifs is 1. The van der Waals surface area contributed by atoms with Crippen molar-refractivity contribution in [1.29, 1.82) is 0 Å². The van der Waals surface area contributed by atoms with Gasteiger partial charge in [0.05, 0.1) is 11.1 Å². The summed E-state index contributed by atoms with van der Waals surface area (Å²) in [5, 5.41) is 15.0. The normalized spacial score (nSPS) is 23.8. The summed E-state index contributed by atoms with van der Waals surface area (Å²) in [6, 6.07) is 3.78. The third-order valence-corrected chi connectivity index (χ3v) is 5.70. The monoisotopic (exact) mass is 346 g/mol. The Labute approximate surface area is 144 Å². The van der Waals surface area contributed by atoms with Crippen LogP contribution in [0.15, 0.2) is 22.8 Å². The minimum absolute atomic E-state index is 0.0981. The number of nitrogens with zero attached hydrogens (tertiary/aromatic N) is 4. The van der Waals surface area contributed by atoms with Gasteiger partial charge < -0.3 is 9.52 Å². The van der Waals surface area contributed by atoms with Gasteiger partial charge in [-0.15, -0.1) is 5.10 Å². The van der Waals surface area contributed by atoms with Crippen molar-refractivity contribution in [1.82, 2.24) is 19.5 Å². The Morgan fingerprint density at radius 3 is 2.71 bits per heavy atom. The Balaban J connectivity index is 1.80. The molecule has 4 rings (SSSR count). The molecule has 3 unspecified atom stereocenters. The average molecular weight is 346 g/mol. The van der Waals surface area contributed by atoms with Gasteiger partial charge in [-0.25, -0.2) is 4.98 Å². The van der Waals surface area contributed by atoms with Gasteiger partial charge in [-0.3, -0.25) is 4.90 Å². The van der Waals surface area contributed by atoms with Crippen molar-refractivity contribution in [3.05, 3.63) is 34.9 Å². The van der Waals surface area contributed by atoms with E-state index in [0.29, 0.717) is 17.7 Å². The highest BCUT2D eigenvalue weighted by Gasteiger charge is 2.35. The molecule has 0 spiro atoms. The highest BCUT2D eigenvalue weighted by molar-refractivity contribution is 7.17. The Kier molecular flexibility index (Phi) is 3.85. The lowest BCUT2D eigenvalue weighted by Crippen LogP contribution is -2.41. The van der Waals surface area contributed by atoms with Crippen LogP contribution < -0.4 is 0 Å². The maximum Gasteiger partial charge on any atom is 0.230 e. The van der Waals surface area contributed by atoms with Crippen LogP contribution in [0.25, 0.3) is 4.96 Å². The molecule has 3 atom stereocenters. The summed E-state index contributed by atoms with van der Waals surface area (Å²) < 4.78 is 7.26. The third-order valence-electron chi connectivity index (χ3n) is 4.63. The molecule has 7 heteroatoms. The molecule has 1 aliphatic rings. The predicted molar refractivity (Wildman–Crippen MR) is 92.3 cm³/mol. The number of aromatic hydroxyl groups is 1. The van der Waals surface area contributed by atoms with Crippen molar-refractivity contribution in [3.63, 3.8) is 0 Å². The molecule has 1 fully saturated rings. The van der Waals surface area contributed by atoms with Gasteiger partial charge in [-0.1, -0.05) is 25.2 Å². The summed E-state index contributed by atoms with van der Waals surface area (Å²) in [5.74, 6) is 2.93. The summed E-state index contributed by atoms with van der Waals surface area (Å²) >= 11 is 1.48. The maximum absolute atomic E-state index is 10.7. The first-order chi connectivity index (χ1) is 11.5. The van der Waals surface area contributed by atoms with Crippen LogP contribution in [0.4, 0.5) is 0 Å². The van der Waals surface area contributed by atoms with Crippen LogP contribution in [0.5, 0.6) is 5.88 Å². The minimum atomic E-state index is -0.0981. The molecule has 6 nitrogen and oxygen atoms in total. The third kappa shape index (κ3) is 2.61. The van der Waals surface area contributed by atoms with Crippen molar-refractivity contribution in [3.8, 4) is 5.88 Å². The van der Waals surface area contributed by atoms with E-state index >= 15 is 0 Å². The van der Waals surface area contributed by atoms with Crippen LogP contribution in [-0.2, 0) is 0 Å². The Bertz CT molecular complexity index is 828. The topological polar surface area (TPSA) is 66.8 Å². The van der Waals surface area contributed by atoms with Crippen LogP contribution in [0.2, 0.25) is 0 Å². The first-order valence-electron chi connectivity index (χ1n) is 8.35. The Morgan fingerprint density at radius 2 is 2.08 bits per heavy atom. The standard InChI is InChI=1S/C17H22N4O2S/c1-10-7-11(2)9-20(8-10)14(13-5-4-6-23-13)15-16(22)21-17(24-15)18-12(3)19-21/h4-6,10-11,14,22H,7-9H2,1-3H3. The molecule has 0 saturated carbocycles. The number of hydrogen-bond donors (Lipinski definition) is 1. The first-order valence-corrected chi connectivity index (χ1v) is 9.17. The molecule has 128 valence electrons. The first kappa shape index (κ1) is 15.7.